The SMILES string of the molecule is CNCc1ccnc(Oc2ccc(Br)c(F)c2)c1F. The van der Waals surface area contributed by atoms with Crippen LogP contribution in [-0.2, 0) is 6.54 Å². The number of hydrogen-bond donors (Lipinski definition) is 1. The highest BCUT2D eigenvalue weighted by Gasteiger charge is 2.12. The minimum absolute atomic E-state index is 0.172. The van der Waals surface area contributed by atoms with E-state index in [-0.39, 0.29) is 11.6 Å². The van der Waals surface area contributed by atoms with E-state index < -0.39 is 11.6 Å². The summed E-state index contributed by atoms with van der Waals surface area (Å²) in [4.78, 5) is 3.81. The van der Waals surface area contributed by atoms with Crippen molar-refractivity contribution in [2.75, 3.05) is 7.05 Å². The van der Waals surface area contributed by atoms with Gasteiger partial charge in [-0.2, -0.15) is 0 Å². The fourth-order valence-corrected chi connectivity index (χ4v) is 1.76. The third-order valence-corrected chi connectivity index (χ3v) is 3.05. The molecule has 0 saturated carbocycles. The number of halogens is 3. The first-order valence-electron chi connectivity index (χ1n) is 5.52. The zero-order valence-corrected chi connectivity index (χ0v) is 11.7. The van der Waals surface area contributed by atoms with Crippen molar-refractivity contribution in [2.45, 2.75) is 6.54 Å². The normalized spacial score (nSPS) is 10.5. The van der Waals surface area contributed by atoms with Crippen LogP contribution in [0, 0.1) is 11.6 Å². The van der Waals surface area contributed by atoms with Gasteiger partial charge in [0, 0.05) is 24.4 Å². The Morgan fingerprint density at radius 2 is 2.11 bits per heavy atom. The molecule has 1 N–H and O–H groups in total. The van der Waals surface area contributed by atoms with Gasteiger partial charge in [0.05, 0.1) is 4.47 Å². The number of benzene rings is 1. The molecule has 1 heterocycles. The highest BCUT2D eigenvalue weighted by atomic mass is 79.9. The van der Waals surface area contributed by atoms with Crippen molar-refractivity contribution in [1.82, 2.24) is 10.3 Å². The van der Waals surface area contributed by atoms with Gasteiger partial charge in [0.1, 0.15) is 11.6 Å². The van der Waals surface area contributed by atoms with E-state index in [9.17, 15) is 8.78 Å². The van der Waals surface area contributed by atoms with Crippen molar-refractivity contribution in [1.29, 1.82) is 0 Å². The van der Waals surface area contributed by atoms with Gasteiger partial charge in [-0.3, -0.25) is 0 Å². The Bertz CT molecular complexity index is 593. The third-order valence-electron chi connectivity index (χ3n) is 2.41. The largest absolute Gasteiger partial charge is 0.436 e. The lowest BCUT2D eigenvalue weighted by Gasteiger charge is -2.09. The maximum absolute atomic E-state index is 14.0. The van der Waals surface area contributed by atoms with Crippen LogP contribution >= 0.6 is 15.9 Å². The molecule has 2 aromatic rings. The molecule has 0 saturated heterocycles. The van der Waals surface area contributed by atoms with E-state index in [1.54, 1.807) is 13.1 Å². The van der Waals surface area contributed by atoms with Crippen molar-refractivity contribution in [3.05, 3.63) is 52.1 Å². The van der Waals surface area contributed by atoms with Crippen LogP contribution < -0.4 is 10.1 Å². The molecule has 0 atom stereocenters. The molecule has 0 aliphatic carbocycles. The summed E-state index contributed by atoms with van der Waals surface area (Å²) in [7, 11) is 1.71. The van der Waals surface area contributed by atoms with Crippen LogP contribution in [0.5, 0.6) is 11.6 Å². The maximum Gasteiger partial charge on any atom is 0.256 e. The van der Waals surface area contributed by atoms with Gasteiger partial charge in [-0.1, -0.05) is 0 Å². The molecule has 19 heavy (non-hydrogen) atoms. The molecule has 0 bridgehead atoms. The van der Waals surface area contributed by atoms with E-state index in [1.807, 2.05) is 0 Å². The molecule has 0 amide bonds. The average Bonchev–Trinajstić information content (AvgIpc) is 2.39. The Balaban J connectivity index is 2.27. The number of pyridine rings is 1. The molecule has 0 fully saturated rings. The van der Waals surface area contributed by atoms with Crippen molar-refractivity contribution in [3.63, 3.8) is 0 Å². The van der Waals surface area contributed by atoms with Crippen LogP contribution in [0.1, 0.15) is 5.56 Å². The minimum atomic E-state index is -0.555. The number of nitrogens with one attached hydrogen (secondary N) is 1. The summed E-state index contributed by atoms with van der Waals surface area (Å²) in [6.45, 7) is 0.361. The number of aromatic nitrogens is 1. The monoisotopic (exact) mass is 328 g/mol. The van der Waals surface area contributed by atoms with Crippen LogP contribution in [0.2, 0.25) is 0 Å². The lowest BCUT2D eigenvalue weighted by Crippen LogP contribution is -2.08. The maximum atomic E-state index is 14.0. The van der Waals surface area contributed by atoms with Gasteiger partial charge in [0.2, 0.25) is 0 Å². The van der Waals surface area contributed by atoms with Gasteiger partial charge in [-0.25, -0.2) is 13.8 Å². The van der Waals surface area contributed by atoms with Gasteiger partial charge in [0.15, 0.2) is 5.82 Å². The van der Waals surface area contributed by atoms with Gasteiger partial charge < -0.3 is 10.1 Å². The van der Waals surface area contributed by atoms with Crippen molar-refractivity contribution < 1.29 is 13.5 Å². The van der Waals surface area contributed by atoms with E-state index in [0.717, 1.165) is 6.07 Å². The second kappa shape index (κ2) is 6.08. The van der Waals surface area contributed by atoms with Crippen LogP contribution in [0.3, 0.4) is 0 Å². The summed E-state index contributed by atoms with van der Waals surface area (Å²) in [6, 6.07) is 5.73. The van der Waals surface area contributed by atoms with Crippen LogP contribution in [0.4, 0.5) is 8.78 Å². The molecule has 1 aromatic heterocycles. The molecule has 0 aliphatic rings. The first kappa shape index (κ1) is 13.9. The van der Waals surface area contributed by atoms with Crippen LogP contribution in [-0.4, -0.2) is 12.0 Å². The molecule has 100 valence electrons. The van der Waals surface area contributed by atoms with E-state index in [1.165, 1.54) is 18.3 Å². The molecule has 1 aromatic carbocycles. The standard InChI is InChI=1S/C13H11BrF2N2O/c1-17-7-8-4-5-18-13(12(8)16)19-9-2-3-10(14)11(15)6-9/h2-6,17H,7H2,1H3. The van der Waals surface area contributed by atoms with Crippen LogP contribution in [0.25, 0.3) is 0 Å². The van der Waals surface area contributed by atoms with Crippen molar-refractivity contribution >= 4 is 15.9 Å². The molecule has 0 spiro atoms. The Morgan fingerprint density at radius 1 is 1.32 bits per heavy atom. The molecule has 3 nitrogen and oxygen atoms in total. The van der Waals surface area contributed by atoms with E-state index in [0.29, 0.717) is 16.6 Å². The van der Waals surface area contributed by atoms with E-state index >= 15 is 0 Å². The predicted molar refractivity (Wildman–Crippen MR) is 71.1 cm³/mol. The second-order valence-electron chi connectivity index (χ2n) is 3.80. The zero-order valence-electron chi connectivity index (χ0n) is 10.1. The molecule has 0 radical (unpaired) electrons. The number of hydrogen-bond acceptors (Lipinski definition) is 3. The molecule has 0 aliphatic heterocycles. The Labute approximate surface area is 117 Å². The minimum Gasteiger partial charge on any atom is -0.436 e. The summed E-state index contributed by atoms with van der Waals surface area (Å²) in [5.41, 5.74) is 0.435. The molecule has 0 unspecified atom stereocenters. The predicted octanol–water partition coefficient (Wildman–Crippen LogP) is 3.63. The van der Waals surface area contributed by atoms with Gasteiger partial charge in [-0.15, -0.1) is 0 Å². The number of nitrogens with zero attached hydrogens (tertiary/aromatic N) is 1. The van der Waals surface area contributed by atoms with Gasteiger partial charge in [0.25, 0.3) is 5.88 Å². The van der Waals surface area contributed by atoms with Gasteiger partial charge in [-0.05, 0) is 41.2 Å². The summed E-state index contributed by atoms with van der Waals surface area (Å²) in [5.74, 6) is -1.02. The Kier molecular flexibility index (Phi) is 4.44. The number of ether oxygens (including phenoxy) is 1. The molecule has 2 rings (SSSR count). The van der Waals surface area contributed by atoms with Crippen molar-refractivity contribution in [2.24, 2.45) is 0 Å². The number of rotatable bonds is 4. The van der Waals surface area contributed by atoms with E-state index in [4.69, 9.17) is 4.74 Å². The zero-order chi connectivity index (χ0) is 13.8. The fourth-order valence-electron chi connectivity index (χ4n) is 1.51. The lowest BCUT2D eigenvalue weighted by atomic mass is 10.2. The summed E-state index contributed by atoms with van der Waals surface area (Å²) >= 11 is 3.03. The first-order chi connectivity index (χ1) is 9.11. The summed E-state index contributed by atoms with van der Waals surface area (Å²) < 4.78 is 32.9. The van der Waals surface area contributed by atoms with Crippen molar-refractivity contribution in [3.8, 4) is 11.6 Å². The molecular weight excluding hydrogens is 318 g/mol. The molecule has 6 heteroatoms. The Morgan fingerprint density at radius 3 is 2.79 bits per heavy atom. The second-order valence-corrected chi connectivity index (χ2v) is 4.65. The smallest absolute Gasteiger partial charge is 0.256 e. The van der Waals surface area contributed by atoms with Crippen LogP contribution in [0.15, 0.2) is 34.9 Å². The lowest BCUT2D eigenvalue weighted by molar-refractivity contribution is 0.415. The average molecular weight is 329 g/mol. The topological polar surface area (TPSA) is 34.2 Å². The highest BCUT2D eigenvalue weighted by molar-refractivity contribution is 9.10. The fraction of sp³-hybridized carbons (Fsp3) is 0.154. The van der Waals surface area contributed by atoms with Gasteiger partial charge >= 0.3 is 0 Å². The third kappa shape index (κ3) is 3.27. The van der Waals surface area contributed by atoms with E-state index in [2.05, 4.69) is 26.2 Å². The quantitative estimate of drug-likeness (QED) is 0.930. The summed E-state index contributed by atoms with van der Waals surface area (Å²) in [5, 5.41) is 2.84. The first-order valence-corrected chi connectivity index (χ1v) is 6.32. The summed E-state index contributed by atoms with van der Waals surface area (Å²) in [6.07, 6.45) is 1.44. The Hall–Kier alpha value is -1.53. The molecular formula is C13H11BrF2N2O. The highest BCUT2D eigenvalue weighted by Crippen LogP contribution is 2.27.